The monoisotopic (exact) mass is 1030 g/mol. The van der Waals surface area contributed by atoms with Crippen LogP contribution in [0.3, 0.4) is 0 Å². The van der Waals surface area contributed by atoms with Crippen LogP contribution in [0.25, 0.3) is 55.6 Å². The van der Waals surface area contributed by atoms with Crippen LogP contribution in [0.2, 0.25) is 19.6 Å². The molecule has 0 atom stereocenters. The van der Waals surface area contributed by atoms with Crippen LogP contribution < -0.4 is 14.3 Å². The summed E-state index contributed by atoms with van der Waals surface area (Å²) in [6.07, 6.45) is 13.7. The van der Waals surface area contributed by atoms with Gasteiger partial charge in [-0.25, -0.2) is 0 Å². The van der Waals surface area contributed by atoms with Gasteiger partial charge in [0, 0.05) is 45.0 Å². The molecule has 1 aliphatic carbocycles. The Bertz CT molecular complexity index is 2740. The Morgan fingerprint density at radius 3 is 2.03 bits per heavy atom. The van der Waals surface area contributed by atoms with Crippen LogP contribution >= 0.6 is 0 Å². The van der Waals surface area contributed by atoms with Crippen LogP contribution in [-0.4, -0.2) is 8.07 Å². The van der Waals surface area contributed by atoms with Gasteiger partial charge in [-0.3, -0.25) is 0 Å². The van der Waals surface area contributed by atoms with Gasteiger partial charge in [0.1, 0.15) is 5.58 Å². The second-order valence-electron chi connectivity index (χ2n) is 20.8. The van der Waals surface area contributed by atoms with Crippen molar-refractivity contribution in [1.29, 1.82) is 0 Å². The Kier molecular flexibility index (Phi) is 14.6. The molecule has 8 rings (SSSR count). The molecule has 1 saturated carbocycles. The van der Waals surface area contributed by atoms with Crippen molar-refractivity contribution in [2.45, 2.75) is 118 Å². The molecular formula is C58H70IrN2OSi-2. The second kappa shape index (κ2) is 19.2. The van der Waals surface area contributed by atoms with Gasteiger partial charge in [0.05, 0.1) is 37.4 Å². The molecule has 0 saturated heterocycles. The van der Waals surface area contributed by atoms with E-state index in [1.54, 1.807) is 10.8 Å². The van der Waals surface area contributed by atoms with E-state index >= 15 is 0 Å². The number of fused-ring (bicyclic) bond motifs is 3. The maximum atomic E-state index is 6.33. The molecule has 0 spiro atoms. The van der Waals surface area contributed by atoms with Gasteiger partial charge in [0.15, 0.2) is 0 Å². The standard InChI is InChI=1S/C33H34NO.C25H36NSi.Ir/c1-21(2)15-23-13-14-34(7)30(17-23)28-20-29-27-12-11-25(19-32(27)35-31(29)16-22(28)3)24-9-8-10-26(18-24)33(4,5)6;1-18-13-20(3)23(14-19(18)2)24-16-22(15-21-11-9-8-10-12-21)25(17-26(24)4)27(5,6)7;/h8-14,16-21H,3,7,15H2,1-2,4-6H3;13-14,16-17,21H,3-4,8-12,15H2,1-2,5-7H3;/q2*-1;. The van der Waals surface area contributed by atoms with Crippen LogP contribution in [0.4, 0.5) is 0 Å². The summed E-state index contributed by atoms with van der Waals surface area (Å²) in [5.74, 6) is 1.45. The van der Waals surface area contributed by atoms with Crippen molar-refractivity contribution in [3.8, 4) is 33.6 Å². The molecule has 1 radical (unpaired) electrons. The normalized spacial score (nSPS) is 13.6. The summed E-state index contributed by atoms with van der Waals surface area (Å²) in [5.41, 5.74) is 17.7. The number of aromatic nitrogens is 2. The van der Waals surface area contributed by atoms with Gasteiger partial charge < -0.3 is 13.6 Å². The SMILES string of the molecule is [CH2-]c1cc(C)c(C)cc1-c1cc(CC2CCCCC2)c([Si](C)(C)C)c[n+]1[CH2-].[CH2-]c1cc2oc3cc(-c4cccc(C(C)(C)C)c4)ccc3c2cc1-c1cc(CC(C)C)cc[n+]1[CH2-].[Ir]. The molecule has 7 aromatic rings. The Labute approximate surface area is 394 Å². The van der Waals surface area contributed by atoms with Crippen LogP contribution in [0.5, 0.6) is 0 Å². The van der Waals surface area contributed by atoms with Crippen molar-refractivity contribution < 1.29 is 33.7 Å². The predicted octanol–water partition coefficient (Wildman–Crippen LogP) is 14.3. The van der Waals surface area contributed by atoms with Crippen LogP contribution in [-0.2, 0) is 38.4 Å². The minimum Gasteiger partial charge on any atom is -0.469 e. The molecule has 0 bridgehead atoms. The van der Waals surface area contributed by atoms with Gasteiger partial charge in [0.2, 0.25) is 0 Å². The fourth-order valence-electron chi connectivity index (χ4n) is 9.38. The van der Waals surface area contributed by atoms with Crippen molar-refractivity contribution in [2.24, 2.45) is 11.8 Å². The average molecular weight is 1030 g/mol. The molecule has 3 aromatic heterocycles. The maximum absolute atomic E-state index is 6.33. The number of rotatable bonds is 8. The predicted molar refractivity (Wildman–Crippen MR) is 267 cm³/mol. The minimum absolute atomic E-state index is 0. The Morgan fingerprint density at radius 2 is 1.35 bits per heavy atom. The first-order valence-corrected chi connectivity index (χ1v) is 26.4. The summed E-state index contributed by atoms with van der Waals surface area (Å²) in [7, 11) is 7.16. The summed E-state index contributed by atoms with van der Waals surface area (Å²) < 4.78 is 10.4. The molecule has 0 N–H and O–H groups in total. The van der Waals surface area contributed by atoms with Gasteiger partial charge >= 0.3 is 0 Å². The third-order valence-corrected chi connectivity index (χ3v) is 15.1. The van der Waals surface area contributed by atoms with Crippen molar-refractivity contribution in [2.75, 3.05) is 0 Å². The van der Waals surface area contributed by atoms with Crippen molar-refractivity contribution in [3.63, 3.8) is 0 Å². The van der Waals surface area contributed by atoms with Gasteiger partial charge in [-0.05, 0) is 71.0 Å². The van der Waals surface area contributed by atoms with E-state index in [1.807, 2.05) is 10.8 Å². The number of furan rings is 1. The quantitative estimate of drug-likeness (QED) is 0.0844. The second-order valence-corrected chi connectivity index (χ2v) is 25.8. The third kappa shape index (κ3) is 10.8. The van der Waals surface area contributed by atoms with Gasteiger partial charge in [-0.15, -0.1) is 34.9 Å². The number of nitrogens with zero attached hydrogens (tertiary/aromatic N) is 2. The maximum Gasteiger partial charge on any atom is 0.134 e. The molecule has 0 unspecified atom stereocenters. The van der Waals surface area contributed by atoms with E-state index in [1.165, 1.54) is 77.6 Å². The molecule has 0 amide bonds. The smallest absolute Gasteiger partial charge is 0.134 e. The van der Waals surface area contributed by atoms with Gasteiger partial charge in [-0.2, -0.15) is 31.0 Å². The summed E-state index contributed by atoms with van der Waals surface area (Å²) in [6, 6.07) is 30.9. The first-order chi connectivity index (χ1) is 29.3. The molecule has 1 fully saturated rings. The van der Waals surface area contributed by atoms with E-state index in [0.717, 1.165) is 62.2 Å². The summed E-state index contributed by atoms with van der Waals surface area (Å²) in [5, 5.41) is 3.79. The summed E-state index contributed by atoms with van der Waals surface area (Å²) in [6.45, 7) is 31.6. The molecular weight excluding hydrogens is 961 g/mol. The molecule has 3 heterocycles. The fraction of sp³-hybridized carbons (Fsp3) is 0.345. The fourth-order valence-corrected chi connectivity index (χ4v) is 11.1. The number of aryl methyl sites for hydroxylation is 2. The molecule has 63 heavy (non-hydrogen) atoms. The van der Waals surface area contributed by atoms with Gasteiger partial charge in [0.25, 0.3) is 0 Å². The third-order valence-electron chi connectivity index (χ3n) is 13.1. The Morgan fingerprint density at radius 1 is 0.714 bits per heavy atom. The van der Waals surface area contributed by atoms with E-state index in [4.69, 9.17) is 4.42 Å². The number of hydrogen-bond acceptors (Lipinski definition) is 1. The Balaban J connectivity index is 0.000000214. The first kappa shape index (κ1) is 47.8. The van der Waals surface area contributed by atoms with E-state index in [0.29, 0.717) is 5.92 Å². The van der Waals surface area contributed by atoms with Crippen molar-refractivity contribution in [3.05, 3.63) is 164 Å². The molecule has 3 nitrogen and oxygen atoms in total. The number of hydrogen-bond donors (Lipinski definition) is 0. The summed E-state index contributed by atoms with van der Waals surface area (Å²) in [4.78, 5) is 0. The van der Waals surface area contributed by atoms with Crippen molar-refractivity contribution >= 4 is 35.2 Å². The minimum atomic E-state index is -1.43. The average Bonchev–Trinajstić information content (AvgIpc) is 3.56. The summed E-state index contributed by atoms with van der Waals surface area (Å²) >= 11 is 0. The van der Waals surface area contributed by atoms with E-state index in [2.05, 4.69) is 192 Å². The molecule has 1 aliphatic rings. The number of benzene rings is 4. The first-order valence-electron chi connectivity index (χ1n) is 22.9. The van der Waals surface area contributed by atoms with Gasteiger partial charge in [-0.1, -0.05) is 159 Å². The van der Waals surface area contributed by atoms with Crippen molar-refractivity contribution in [1.82, 2.24) is 0 Å². The molecule has 333 valence electrons. The molecule has 5 heteroatoms. The van der Waals surface area contributed by atoms with Crippen LogP contribution in [0.1, 0.15) is 106 Å². The largest absolute Gasteiger partial charge is 0.469 e. The Hall–Kier alpha value is -4.67. The molecule has 4 aromatic carbocycles. The van der Waals surface area contributed by atoms with Crippen LogP contribution in [0, 0.1) is 53.6 Å². The van der Waals surface area contributed by atoms with E-state index in [9.17, 15) is 0 Å². The van der Waals surface area contributed by atoms with Crippen LogP contribution in [0.15, 0.2) is 102 Å². The van der Waals surface area contributed by atoms with E-state index < -0.39 is 8.07 Å². The topological polar surface area (TPSA) is 20.9 Å². The molecule has 0 aliphatic heterocycles. The zero-order valence-electron chi connectivity index (χ0n) is 39.8. The van der Waals surface area contributed by atoms with E-state index in [-0.39, 0.29) is 25.5 Å². The zero-order valence-corrected chi connectivity index (χ0v) is 43.2. The zero-order chi connectivity index (χ0) is 44.7. The number of pyridine rings is 2.